The van der Waals surface area contributed by atoms with Gasteiger partial charge < -0.3 is 11.1 Å². The number of rotatable bonds is 5. The Morgan fingerprint density at radius 1 is 1.52 bits per heavy atom. The van der Waals surface area contributed by atoms with Crippen molar-refractivity contribution in [3.05, 3.63) is 10.6 Å². The lowest BCUT2D eigenvalue weighted by Crippen LogP contribution is -2.36. The van der Waals surface area contributed by atoms with Crippen molar-refractivity contribution in [3.8, 4) is 0 Å². The molecule has 0 fully saturated rings. The number of nitrogens with two attached hydrogens (primary N) is 1. The third-order valence-corrected chi connectivity index (χ3v) is 6.04. The zero-order chi connectivity index (χ0) is 16.3. The van der Waals surface area contributed by atoms with Crippen LogP contribution in [0.1, 0.15) is 44.2 Å². The van der Waals surface area contributed by atoms with Gasteiger partial charge in [0, 0.05) is 4.88 Å². The number of hydrogen-bond donors (Lipinski definition) is 2. The van der Waals surface area contributed by atoms with Crippen LogP contribution in [0.2, 0.25) is 0 Å². The lowest BCUT2D eigenvalue weighted by Gasteiger charge is -2.33. The van der Waals surface area contributed by atoms with Crippen molar-refractivity contribution in [2.75, 3.05) is 17.3 Å². The van der Waals surface area contributed by atoms with Crippen LogP contribution in [0.3, 0.4) is 0 Å². The number of amides is 1. The molecule has 2 rings (SSSR count). The molecule has 1 heterocycles. The topological polar surface area (TPSA) is 68.0 Å². The van der Waals surface area contributed by atoms with E-state index in [1.165, 1.54) is 17.0 Å². The highest BCUT2D eigenvalue weighted by atomic mass is 35.5. The molecular weight excluding hydrogens is 350 g/mol. The number of nitrogens with one attached hydrogen (secondary N) is 1. The molecule has 1 amide bonds. The van der Waals surface area contributed by atoms with Crippen molar-refractivity contribution in [2.45, 2.75) is 52.5 Å². The number of fused-ring (bicyclic) bond motifs is 1. The van der Waals surface area contributed by atoms with Crippen molar-refractivity contribution in [1.82, 2.24) is 4.98 Å². The fraction of sp³-hybridized carbons (Fsp3) is 0.750. The van der Waals surface area contributed by atoms with E-state index in [0.29, 0.717) is 22.9 Å². The summed E-state index contributed by atoms with van der Waals surface area (Å²) < 4.78 is 0. The summed E-state index contributed by atoms with van der Waals surface area (Å²) >= 11 is 3.33. The smallest absolute Gasteiger partial charge is 0.243 e. The second-order valence-corrected chi connectivity index (χ2v) is 9.14. The Morgan fingerprint density at radius 3 is 2.83 bits per heavy atom. The van der Waals surface area contributed by atoms with Gasteiger partial charge in [0.25, 0.3) is 0 Å². The maximum Gasteiger partial charge on any atom is 0.243 e. The van der Waals surface area contributed by atoms with Crippen LogP contribution in [0, 0.1) is 11.3 Å². The maximum atomic E-state index is 12.1. The summed E-state index contributed by atoms with van der Waals surface area (Å²) in [5.74, 6) is 1.47. The first-order valence-corrected chi connectivity index (χ1v) is 10.1. The molecule has 3 N–H and O–H groups in total. The molecular formula is C16H28ClN3OS2. The highest BCUT2D eigenvalue weighted by Crippen LogP contribution is 2.40. The van der Waals surface area contributed by atoms with Crippen molar-refractivity contribution < 1.29 is 4.79 Å². The minimum absolute atomic E-state index is 0. The van der Waals surface area contributed by atoms with Gasteiger partial charge in [0.15, 0.2) is 5.13 Å². The quantitative estimate of drug-likeness (QED) is 0.820. The van der Waals surface area contributed by atoms with Crippen LogP contribution in [0.4, 0.5) is 5.13 Å². The summed E-state index contributed by atoms with van der Waals surface area (Å²) in [5.41, 5.74) is 7.39. The Kier molecular flexibility index (Phi) is 7.84. The molecule has 0 saturated heterocycles. The SMILES string of the molecule is CSCCC(N)C(=O)Nc1nc2c(s1)CC(C(C)(C)C)CC2.Cl. The molecule has 2 unspecified atom stereocenters. The van der Waals surface area contributed by atoms with Gasteiger partial charge in [-0.2, -0.15) is 11.8 Å². The maximum absolute atomic E-state index is 12.1. The molecule has 1 aliphatic carbocycles. The van der Waals surface area contributed by atoms with Crippen LogP contribution in [0.25, 0.3) is 0 Å². The van der Waals surface area contributed by atoms with Crippen molar-refractivity contribution >= 4 is 46.5 Å². The minimum Gasteiger partial charge on any atom is -0.320 e. The Morgan fingerprint density at radius 2 is 2.22 bits per heavy atom. The molecule has 0 bridgehead atoms. The number of thiazole rings is 1. The van der Waals surface area contributed by atoms with Crippen molar-refractivity contribution in [3.63, 3.8) is 0 Å². The highest BCUT2D eigenvalue weighted by molar-refractivity contribution is 7.98. The Bertz CT molecular complexity index is 528. The first kappa shape index (κ1) is 20.7. The fourth-order valence-electron chi connectivity index (χ4n) is 2.74. The van der Waals surface area contributed by atoms with Crippen LogP contribution >= 0.6 is 35.5 Å². The van der Waals surface area contributed by atoms with E-state index < -0.39 is 6.04 Å². The summed E-state index contributed by atoms with van der Waals surface area (Å²) in [7, 11) is 0. The fourth-order valence-corrected chi connectivity index (χ4v) is 4.32. The number of thioether (sulfide) groups is 1. The van der Waals surface area contributed by atoms with Gasteiger partial charge in [0.1, 0.15) is 0 Å². The number of carbonyl (C=O) groups excluding carboxylic acids is 1. The molecule has 0 aromatic carbocycles. The predicted octanol–water partition coefficient (Wildman–Crippen LogP) is 3.73. The second-order valence-electron chi connectivity index (χ2n) is 7.07. The molecule has 0 radical (unpaired) electrons. The highest BCUT2D eigenvalue weighted by Gasteiger charge is 2.31. The van der Waals surface area contributed by atoms with Gasteiger partial charge in [-0.3, -0.25) is 4.79 Å². The number of halogens is 1. The molecule has 23 heavy (non-hydrogen) atoms. The van der Waals surface area contributed by atoms with Crippen LogP contribution in [0.15, 0.2) is 0 Å². The van der Waals surface area contributed by atoms with Crippen molar-refractivity contribution in [1.29, 1.82) is 0 Å². The summed E-state index contributed by atoms with van der Waals surface area (Å²) in [6, 6.07) is -0.448. The van der Waals surface area contributed by atoms with Gasteiger partial charge >= 0.3 is 0 Å². The van der Waals surface area contributed by atoms with Gasteiger partial charge in [0.2, 0.25) is 5.91 Å². The first-order chi connectivity index (χ1) is 10.3. The van der Waals surface area contributed by atoms with Crippen LogP contribution < -0.4 is 11.1 Å². The zero-order valence-corrected chi connectivity index (χ0v) is 16.8. The summed E-state index contributed by atoms with van der Waals surface area (Å²) in [6.45, 7) is 6.91. The molecule has 0 saturated carbocycles. The summed E-state index contributed by atoms with van der Waals surface area (Å²) in [4.78, 5) is 18.0. The zero-order valence-electron chi connectivity index (χ0n) is 14.3. The van der Waals surface area contributed by atoms with Crippen molar-refractivity contribution in [2.24, 2.45) is 17.1 Å². The normalized spacial score (nSPS) is 18.7. The number of anilines is 1. The molecule has 1 aromatic heterocycles. The lowest BCUT2D eigenvalue weighted by atomic mass is 9.73. The average Bonchev–Trinajstić information content (AvgIpc) is 2.84. The number of nitrogens with zero attached hydrogens (tertiary/aromatic N) is 1. The van der Waals surface area contributed by atoms with E-state index in [1.807, 2.05) is 6.26 Å². The third kappa shape index (κ3) is 5.62. The van der Waals surface area contributed by atoms with Crippen LogP contribution in [-0.4, -0.2) is 28.9 Å². The molecule has 4 nitrogen and oxygen atoms in total. The first-order valence-electron chi connectivity index (χ1n) is 7.85. The number of hydrogen-bond acceptors (Lipinski definition) is 5. The number of carbonyl (C=O) groups is 1. The molecule has 1 aromatic rings. The van der Waals surface area contributed by atoms with E-state index in [1.54, 1.807) is 23.1 Å². The average molecular weight is 378 g/mol. The van der Waals surface area contributed by atoms with E-state index in [0.717, 1.165) is 18.6 Å². The van der Waals surface area contributed by atoms with Gasteiger partial charge in [-0.1, -0.05) is 20.8 Å². The van der Waals surface area contributed by atoms with Gasteiger partial charge in [-0.15, -0.1) is 23.7 Å². The standard InChI is InChI=1S/C16H27N3OS2.ClH/c1-16(2,3)10-5-6-12-13(9-10)22-15(18-12)19-14(20)11(17)7-8-21-4;/h10-11H,5-9,17H2,1-4H3,(H,18,19,20);1H. The van der Waals surface area contributed by atoms with Crippen LogP contribution in [-0.2, 0) is 17.6 Å². The minimum atomic E-state index is -0.448. The second kappa shape index (κ2) is 8.70. The van der Waals surface area contributed by atoms with E-state index in [2.05, 4.69) is 31.1 Å². The molecule has 2 atom stereocenters. The number of aromatic nitrogens is 1. The van der Waals surface area contributed by atoms with E-state index in [4.69, 9.17) is 5.73 Å². The Balaban J connectivity index is 0.00000264. The molecule has 1 aliphatic rings. The Hall–Kier alpha value is -0.300. The Labute approximate surface area is 153 Å². The van der Waals surface area contributed by atoms with E-state index in [-0.39, 0.29) is 18.3 Å². The third-order valence-electron chi connectivity index (χ3n) is 4.36. The number of aryl methyl sites for hydroxylation is 1. The summed E-state index contributed by atoms with van der Waals surface area (Å²) in [6.07, 6.45) is 5.99. The van der Waals surface area contributed by atoms with E-state index in [9.17, 15) is 4.79 Å². The summed E-state index contributed by atoms with van der Waals surface area (Å²) in [5, 5.41) is 3.61. The van der Waals surface area contributed by atoms with Gasteiger partial charge in [-0.05, 0) is 49.0 Å². The monoisotopic (exact) mass is 377 g/mol. The largest absolute Gasteiger partial charge is 0.320 e. The molecule has 0 aliphatic heterocycles. The van der Waals surface area contributed by atoms with Gasteiger partial charge in [0.05, 0.1) is 11.7 Å². The predicted molar refractivity (Wildman–Crippen MR) is 104 cm³/mol. The van der Waals surface area contributed by atoms with Crippen LogP contribution in [0.5, 0.6) is 0 Å². The lowest BCUT2D eigenvalue weighted by molar-refractivity contribution is -0.117. The van der Waals surface area contributed by atoms with E-state index >= 15 is 0 Å². The molecule has 132 valence electrons. The van der Waals surface area contributed by atoms with Gasteiger partial charge in [-0.25, -0.2) is 4.98 Å². The molecule has 7 heteroatoms. The molecule has 0 spiro atoms.